The van der Waals surface area contributed by atoms with Gasteiger partial charge in [0.2, 0.25) is 5.95 Å². The molecule has 2 heterocycles. The van der Waals surface area contributed by atoms with E-state index in [4.69, 9.17) is 0 Å². The topological polar surface area (TPSA) is 70.4 Å². The molecular weight excluding hydrogens is 489 g/mol. The Morgan fingerprint density at radius 2 is 1.97 bits per heavy atom. The van der Waals surface area contributed by atoms with Crippen LogP contribution >= 0.6 is 15.9 Å². The molecule has 2 N–H and O–H groups in total. The monoisotopic (exact) mass is 518 g/mol. The molecule has 6 nitrogen and oxygen atoms in total. The summed E-state index contributed by atoms with van der Waals surface area (Å²) in [6, 6.07) is 6.33. The zero-order valence-electron chi connectivity index (χ0n) is 18.8. The van der Waals surface area contributed by atoms with Crippen molar-refractivity contribution in [3.63, 3.8) is 0 Å². The molecule has 0 radical (unpaired) electrons. The molecule has 1 aliphatic rings. The third-order valence-corrected chi connectivity index (χ3v) is 5.66. The van der Waals surface area contributed by atoms with Crippen LogP contribution in [0, 0.1) is 0 Å². The van der Waals surface area contributed by atoms with Crippen molar-refractivity contribution in [3.8, 4) is 0 Å². The van der Waals surface area contributed by atoms with Crippen molar-refractivity contribution in [1.82, 2.24) is 14.9 Å². The minimum Gasteiger partial charge on any atom is -0.477 e. The number of carbonyl (C=O) groups is 1. The first kappa shape index (κ1) is 26.2. The summed E-state index contributed by atoms with van der Waals surface area (Å²) in [5.41, 5.74) is 3.26. The fourth-order valence-corrected chi connectivity index (χ4v) is 4.04. The molecule has 32 heavy (non-hydrogen) atoms. The van der Waals surface area contributed by atoms with Crippen LogP contribution < -0.4 is 10.2 Å². The van der Waals surface area contributed by atoms with Crippen molar-refractivity contribution in [2.75, 3.05) is 24.5 Å². The molecule has 178 valence electrons. The number of hydrogen-bond acceptors (Lipinski definition) is 4. The molecule has 0 aliphatic carbocycles. The molecule has 0 bridgehead atoms. The van der Waals surface area contributed by atoms with Gasteiger partial charge < -0.3 is 19.9 Å². The van der Waals surface area contributed by atoms with E-state index >= 15 is 0 Å². The predicted molar refractivity (Wildman–Crippen MR) is 123 cm³/mol. The van der Waals surface area contributed by atoms with Crippen LogP contribution in [0.25, 0.3) is 0 Å². The second kappa shape index (κ2) is 11.2. The highest BCUT2D eigenvalue weighted by Crippen LogP contribution is 2.37. The van der Waals surface area contributed by atoms with E-state index in [1.165, 1.54) is 5.56 Å². The van der Waals surface area contributed by atoms with Crippen LogP contribution in [0.4, 0.5) is 24.8 Å². The minimum absolute atomic E-state index is 0.319. The Hall–Kier alpha value is -2.07. The normalized spacial score (nSPS) is 13.2. The van der Waals surface area contributed by atoms with Crippen LogP contribution in [0.2, 0.25) is 0 Å². The Morgan fingerprint density at radius 1 is 1.28 bits per heavy atom. The summed E-state index contributed by atoms with van der Waals surface area (Å²) in [6.07, 6.45) is -2.71. The van der Waals surface area contributed by atoms with E-state index in [9.17, 15) is 23.1 Å². The highest BCUT2D eigenvalue weighted by molar-refractivity contribution is 9.10. The summed E-state index contributed by atoms with van der Waals surface area (Å²) in [6.45, 7) is 9.01. The number of imidazole rings is 1. The Balaban J connectivity index is 0.000000344. The predicted octanol–water partition coefficient (Wildman–Crippen LogP) is 5.73. The van der Waals surface area contributed by atoms with E-state index in [0.717, 1.165) is 29.1 Å². The number of alkyl halides is 3. The lowest BCUT2D eigenvalue weighted by Crippen LogP contribution is -2.29. The zero-order valence-corrected chi connectivity index (χ0v) is 20.3. The maximum Gasteiger partial charge on any atom is 0.401 e. The molecule has 0 saturated heterocycles. The molecule has 0 spiro atoms. The van der Waals surface area contributed by atoms with Gasteiger partial charge in [0.25, 0.3) is 0 Å². The van der Waals surface area contributed by atoms with E-state index in [1.807, 2.05) is 18.4 Å². The molecule has 0 unspecified atom stereocenters. The van der Waals surface area contributed by atoms with Gasteiger partial charge in [0.1, 0.15) is 0 Å². The molecular formula is C22H30BrF3N4O2. The molecule has 0 saturated carbocycles. The van der Waals surface area contributed by atoms with E-state index in [0.29, 0.717) is 36.8 Å². The molecule has 0 fully saturated rings. The summed E-state index contributed by atoms with van der Waals surface area (Å²) in [7, 11) is 0. The number of fused-ring (bicyclic) bond motifs is 1. The van der Waals surface area contributed by atoms with Crippen molar-refractivity contribution in [2.24, 2.45) is 0 Å². The maximum atomic E-state index is 11.5. The summed E-state index contributed by atoms with van der Waals surface area (Å²) in [5, 5.41) is 11.7. The third-order valence-electron chi connectivity index (χ3n) is 5.03. The van der Waals surface area contributed by atoms with Gasteiger partial charge in [0.15, 0.2) is 5.69 Å². The van der Waals surface area contributed by atoms with Gasteiger partial charge in [-0.05, 0) is 58.9 Å². The van der Waals surface area contributed by atoms with E-state index < -0.39 is 18.7 Å². The van der Waals surface area contributed by atoms with Crippen LogP contribution in [-0.4, -0.2) is 46.4 Å². The van der Waals surface area contributed by atoms with Crippen LogP contribution in [0.3, 0.4) is 0 Å². The standard InChI is InChI=1S/C17H20BrN3O2.C5H10F3N/c1-4-13-15(16(22)23)21-8-7-20(17(21)19-13)14-6-5-11(10(2)3)9-12(14)18;1-2-3-9-4-5(6,7)8/h5-6,9-10H,4,7-8H2,1-3H3,(H,22,23);9H,2-4H2,1H3. The van der Waals surface area contributed by atoms with Gasteiger partial charge in [-0.1, -0.05) is 33.8 Å². The lowest BCUT2D eigenvalue weighted by molar-refractivity contribution is -0.124. The van der Waals surface area contributed by atoms with Crippen molar-refractivity contribution < 1.29 is 23.1 Å². The first-order chi connectivity index (χ1) is 15.0. The number of aryl methyl sites for hydroxylation is 1. The van der Waals surface area contributed by atoms with Crippen molar-refractivity contribution in [3.05, 3.63) is 39.6 Å². The van der Waals surface area contributed by atoms with Gasteiger partial charge in [0.05, 0.1) is 17.9 Å². The van der Waals surface area contributed by atoms with E-state index in [-0.39, 0.29) is 0 Å². The molecule has 0 atom stereocenters. The Kier molecular flexibility index (Phi) is 9.15. The number of anilines is 2. The Labute approximate surface area is 195 Å². The Morgan fingerprint density at radius 3 is 2.47 bits per heavy atom. The fourth-order valence-electron chi connectivity index (χ4n) is 3.43. The molecule has 1 aliphatic heterocycles. The average Bonchev–Trinajstić information content (AvgIpc) is 3.26. The van der Waals surface area contributed by atoms with Gasteiger partial charge in [-0.25, -0.2) is 9.78 Å². The molecule has 3 rings (SSSR count). The number of nitrogens with zero attached hydrogens (tertiary/aromatic N) is 3. The quantitative estimate of drug-likeness (QED) is 0.458. The van der Waals surface area contributed by atoms with Gasteiger partial charge >= 0.3 is 12.1 Å². The van der Waals surface area contributed by atoms with Crippen LogP contribution in [0.1, 0.15) is 61.8 Å². The lowest BCUT2D eigenvalue weighted by atomic mass is 10.0. The summed E-state index contributed by atoms with van der Waals surface area (Å²) < 4.78 is 36.8. The SMILES string of the molecule is CCCNCC(F)(F)F.CCc1nc2n(c1C(=O)O)CCN2c1ccc(C(C)C)cc1Br. The molecule has 1 aromatic carbocycles. The van der Waals surface area contributed by atoms with Crippen LogP contribution in [0.15, 0.2) is 22.7 Å². The van der Waals surface area contributed by atoms with Gasteiger partial charge in [-0.2, -0.15) is 13.2 Å². The molecule has 10 heteroatoms. The number of nitrogens with one attached hydrogen (secondary N) is 1. The number of carboxylic acid groups (broad SMARTS) is 1. The molecule has 0 amide bonds. The van der Waals surface area contributed by atoms with Gasteiger partial charge in [0, 0.05) is 17.6 Å². The molecule has 1 aromatic heterocycles. The van der Waals surface area contributed by atoms with Crippen molar-refractivity contribution >= 4 is 33.5 Å². The van der Waals surface area contributed by atoms with Gasteiger partial charge in [-0.3, -0.25) is 0 Å². The number of halogens is 4. The number of aromatic nitrogens is 2. The van der Waals surface area contributed by atoms with Crippen LogP contribution in [0.5, 0.6) is 0 Å². The second-order valence-corrected chi connectivity index (χ2v) is 8.68. The summed E-state index contributed by atoms with van der Waals surface area (Å²) in [5.74, 6) is 0.278. The molecule has 2 aromatic rings. The zero-order chi connectivity index (χ0) is 24.1. The summed E-state index contributed by atoms with van der Waals surface area (Å²) >= 11 is 3.65. The third kappa shape index (κ3) is 6.48. The van der Waals surface area contributed by atoms with Gasteiger partial charge in [-0.15, -0.1) is 0 Å². The van der Waals surface area contributed by atoms with Crippen molar-refractivity contribution in [1.29, 1.82) is 0 Å². The minimum atomic E-state index is -4.06. The second-order valence-electron chi connectivity index (χ2n) is 7.83. The smallest absolute Gasteiger partial charge is 0.401 e. The van der Waals surface area contributed by atoms with E-state index in [1.54, 1.807) is 0 Å². The Bertz CT molecular complexity index is 929. The lowest BCUT2D eigenvalue weighted by Gasteiger charge is -2.19. The fraction of sp³-hybridized carbons (Fsp3) is 0.545. The first-order valence-electron chi connectivity index (χ1n) is 10.7. The highest BCUT2D eigenvalue weighted by atomic mass is 79.9. The van der Waals surface area contributed by atoms with E-state index in [2.05, 4.69) is 63.2 Å². The highest BCUT2D eigenvalue weighted by Gasteiger charge is 2.31. The van der Waals surface area contributed by atoms with Crippen molar-refractivity contribution in [2.45, 2.75) is 59.2 Å². The number of aromatic carboxylic acids is 1. The largest absolute Gasteiger partial charge is 0.477 e. The number of rotatable bonds is 7. The number of benzene rings is 1. The average molecular weight is 519 g/mol. The number of hydrogen-bond donors (Lipinski definition) is 2. The maximum absolute atomic E-state index is 11.5. The van der Waals surface area contributed by atoms with Crippen LogP contribution in [-0.2, 0) is 13.0 Å². The number of carboxylic acids is 1. The summed E-state index contributed by atoms with van der Waals surface area (Å²) in [4.78, 5) is 18.2. The first-order valence-corrected chi connectivity index (χ1v) is 11.5.